The third kappa shape index (κ3) is 3.97. The molecule has 1 aliphatic rings. The summed E-state index contributed by atoms with van der Waals surface area (Å²) in [7, 11) is 1.68. The summed E-state index contributed by atoms with van der Waals surface area (Å²) >= 11 is 5.99. The Balaban J connectivity index is 1.58. The Bertz CT molecular complexity index is 1420. The van der Waals surface area contributed by atoms with Crippen molar-refractivity contribution in [1.82, 2.24) is 18.7 Å². The molecule has 5 rings (SSSR count). The lowest BCUT2D eigenvalue weighted by Crippen LogP contribution is -2.41. The molecule has 8 heteroatoms. The van der Waals surface area contributed by atoms with E-state index < -0.39 is 0 Å². The molecule has 0 aliphatic carbocycles. The number of hydrogen-bond acceptors (Lipinski definition) is 4. The standard InChI is InChI=1S/C25H26ClN5O2/c1-17-14-29(13-12-18-6-4-3-5-7-18)24-27-22-21(30(24)15-17)23(32)31(25(33)28(22)2)16-19-8-10-20(26)11-9-19/h3-11,17H,12-16H2,1-2H3/t17-/m0/s1. The molecular formula is C25H26ClN5O2. The molecule has 7 nitrogen and oxygen atoms in total. The maximum Gasteiger partial charge on any atom is 0.332 e. The van der Waals surface area contributed by atoms with Crippen molar-refractivity contribution in [2.45, 2.75) is 26.4 Å². The fourth-order valence-electron chi connectivity index (χ4n) is 4.61. The maximum atomic E-state index is 13.5. The number of fused-ring (bicyclic) bond motifs is 3. The van der Waals surface area contributed by atoms with Crippen molar-refractivity contribution in [3.05, 3.63) is 91.6 Å². The van der Waals surface area contributed by atoms with Crippen LogP contribution in [0.25, 0.3) is 11.2 Å². The van der Waals surface area contributed by atoms with Gasteiger partial charge in [0.15, 0.2) is 11.2 Å². The summed E-state index contributed by atoms with van der Waals surface area (Å²) in [5.74, 6) is 1.11. The third-order valence-electron chi connectivity index (χ3n) is 6.29. The minimum Gasteiger partial charge on any atom is -0.342 e. The second-order valence-corrected chi connectivity index (χ2v) is 9.28. The van der Waals surface area contributed by atoms with E-state index in [1.807, 2.05) is 34.9 Å². The van der Waals surface area contributed by atoms with E-state index in [-0.39, 0.29) is 17.8 Å². The Hall–Kier alpha value is -3.32. The number of imidazole rings is 1. The van der Waals surface area contributed by atoms with Gasteiger partial charge in [-0.3, -0.25) is 13.9 Å². The molecule has 0 fully saturated rings. The fourth-order valence-corrected chi connectivity index (χ4v) is 4.74. The number of anilines is 1. The van der Waals surface area contributed by atoms with Crippen LogP contribution in [0.15, 0.2) is 64.2 Å². The van der Waals surface area contributed by atoms with Crippen molar-refractivity contribution in [3.8, 4) is 0 Å². The summed E-state index contributed by atoms with van der Waals surface area (Å²) in [6.07, 6.45) is 0.885. The Morgan fingerprint density at radius 3 is 2.45 bits per heavy atom. The summed E-state index contributed by atoms with van der Waals surface area (Å²) in [4.78, 5) is 33.6. The second kappa shape index (κ2) is 8.56. The first-order chi connectivity index (χ1) is 15.9. The molecule has 2 aromatic carbocycles. The number of hydrogen-bond donors (Lipinski definition) is 0. The number of nitrogens with zero attached hydrogens (tertiary/aromatic N) is 5. The molecule has 0 bridgehead atoms. The molecule has 0 unspecified atom stereocenters. The molecule has 0 radical (unpaired) electrons. The predicted octanol–water partition coefficient (Wildman–Crippen LogP) is 3.30. The van der Waals surface area contributed by atoms with Crippen LogP contribution in [0.1, 0.15) is 18.1 Å². The van der Waals surface area contributed by atoms with E-state index in [9.17, 15) is 9.59 Å². The molecule has 2 aromatic heterocycles. The molecule has 3 heterocycles. The smallest absolute Gasteiger partial charge is 0.332 e. The monoisotopic (exact) mass is 463 g/mol. The number of aryl methyl sites for hydroxylation is 1. The molecule has 33 heavy (non-hydrogen) atoms. The molecule has 0 spiro atoms. The van der Waals surface area contributed by atoms with Crippen LogP contribution in [-0.4, -0.2) is 31.8 Å². The van der Waals surface area contributed by atoms with Crippen LogP contribution < -0.4 is 16.1 Å². The first-order valence-corrected chi connectivity index (χ1v) is 11.5. The van der Waals surface area contributed by atoms with Crippen LogP contribution in [0.3, 0.4) is 0 Å². The molecule has 0 saturated heterocycles. The summed E-state index contributed by atoms with van der Waals surface area (Å²) in [5.41, 5.74) is 2.34. The van der Waals surface area contributed by atoms with E-state index in [1.165, 1.54) is 14.7 Å². The first-order valence-electron chi connectivity index (χ1n) is 11.2. The van der Waals surface area contributed by atoms with Crippen LogP contribution in [0.5, 0.6) is 0 Å². The first kappa shape index (κ1) is 21.5. The lowest BCUT2D eigenvalue weighted by atomic mass is 10.1. The van der Waals surface area contributed by atoms with E-state index in [2.05, 4.69) is 24.0 Å². The van der Waals surface area contributed by atoms with Gasteiger partial charge in [0.05, 0.1) is 6.54 Å². The average Bonchev–Trinajstić information content (AvgIpc) is 3.20. The van der Waals surface area contributed by atoms with Gasteiger partial charge >= 0.3 is 5.69 Å². The van der Waals surface area contributed by atoms with Crippen molar-refractivity contribution >= 4 is 28.7 Å². The van der Waals surface area contributed by atoms with Crippen molar-refractivity contribution in [1.29, 1.82) is 0 Å². The van der Waals surface area contributed by atoms with Crippen molar-refractivity contribution in [2.24, 2.45) is 13.0 Å². The van der Waals surface area contributed by atoms with E-state index in [4.69, 9.17) is 16.6 Å². The molecule has 4 aromatic rings. The Labute approximate surface area is 196 Å². The molecule has 0 amide bonds. The highest BCUT2D eigenvalue weighted by Gasteiger charge is 2.28. The zero-order valence-corrected chi connectivity index (χ0v) is 19.5. The Morgan fingerprint density at radius 2 is 1.73 bits per heavy atom. The van der Waals surface area contributed by atoms with Crippen LogP contribution in [0.2, 0.25) is 5.02 Å². The zero-order chi connectivity index (χ0) is 23.1. The summed E-state index contributed by atoms with van der Waals surface area (Å²) in [5, 5.41) is 0.615. The summed E-state index contributed by atoms with van der Waals surface area (Å²) in [6.45, 7) is 4.72. The van der Waals surface area contributed by atoms with Gasteiger partial charge in [-0.25, -0.2) is 4.79 Å². The molecule has 1 atom stereocenters. The van der Waals surface area contributed by atoms with Gasteiger partial charge in [0.25, 0.3) is 5.56 Å². The molecule has 0 N–H and O–H groups in total. The van der Waals surface area contributed by atoms with Gasteiger partial charge in [0.1, 0.15) is 0 Å². The van der Waals surface area contributed by atoms with Crippen LogP contribution >= 0.6 is 11.6 Å². The van der Waals surface area contributed by atoms with Gasteiger partial charge in [0, 0.05) is 31.7 Å². The van der Waals surface area contributed by atoms with Gasteiger partial charge in [-0.05, 0) is 35.6 Å². The Kier molecular flexibility index (Phi) is 5.58. The molecular weight excluding hydrogens is 438 g/mol. The van der Waals surface area contributed by atoms with Gasteiger partial charge in [-0.15, -0.1) is 0 Å². The fraction of sp³-hybridized carbons (Fsp3) is 0.320. The van der Waals surface area contributed by atoms with Gasteiger partial charge in [0.2, 0.25) is 5.95 Å². The average molecular weight is 464 g/mol. The normalized spacial score (nSPS) is 15.7. The lowest BCUT2D eigenvalue weighted by molar-refractivity contribution is 0.437. The topological polar surface area (TPSA) is 65.1 Å². The molecule has 0 saturated carbocycles. The molecule has 170 valence electrons. The largest absolute Gasteiger partial charge is 0.342 e. The van der Waals surface area contributed by atoms with Crippen LogP contribution in [0.4, 0.5) is 5.95 Å². The number of halogens is 1. The number of rotatable bonds is 5. The third-order valence-corrected chi connectivity index (χ3v) is 6.54. The van der Waals surface area contributed by atoms with E-state index in [0.29, 0.717) is 28.6 Å². The van der Waals surface area contributed by atoms with Crippen LogP contribution in [0, 0.1) is 5.92 Å². The zero-order valence-electron chi connectivity index (χ0n) is 18.7. The van der Waals surface area contributed by atoms with E-state index >= 15 is 0 Å². The van der Waals surface area contributed by atoms with Gasteiger partial charge in [-0.1, -0.05) is 61.0 Å². The maximum absolute atomic E-state index is 13.5. The van der Waals surface area contributed by atoms with Gasteiger partial charge in [-0.2, -0.15) is 4.98 Å². The van der Waals surface area contributed by atoms with Crippen molar-refractivity contribution < 1.29 is 0 Å². The van der Waals surface area contributed by atoms with Crippen molar-refractivity contribution in [3.63, 3.8) is 0 Å². The highest BCUT2D eigenvalue weighted by Crippen LogP contribution is 2.27. The van der Waals surface area contributed by atoms with Crippen LogP contribution in [-0.2, 0) is 26.6 Å². The van der Waals surface area contributed by atoms with E-state index in [0.717, 1.165) is 31.0 Å². The molecule has 1 aliphatic heterocycles. The number of benzene rings is 2. The Morgan fingerprint density at radius 1 is 1.00 bits per heavy atom. The minimum atomic E-state index is -0.373. The van der Waals surface area contributed by atoms with E-state index in [1.54, 1.807) is 19.2 Å². The predicted molar refractivity (Wildman–Crippen MR) is 131 cm³/mol. The van der Waals surface area contributed by atoms with Crippen molar-refractivity contribution in [2.75, 3.05) is 18.0 Å². The minimum absolute atomic E-state index is 0.187. The second-order valence-electron chi connectivity index (χ2n) is 8.84. The highest BCUT2D eigenvalue weighted by molar-refractivity contribution is 6.30. The summed E-state index contributed by atoms with van der Waals surface area (Å²) < 4.78 is 4.76. The van der Waals surface area contributed by atoms with Gasteiger partial charge < -0.3 is 9.47 Å². The SMILES string of the molecule is C[C@H]1CN(CCc2ccccc2)c2nc3c(c(=O)n(Cc4ccc(Cl)cc4)c(=O)n3C)n2C1. The highest BCUT2D eigenvalue weighted by atomic mass is 35.5. The number of aromatic nitrogens is 4. The quantitative estimate of drug-likeness (QED) is 0.455. The summed E-state index contributed by atoms with van der Waals surface area (Å²) in [6, 6.07) is 17.5. The lowest BCUT2D eigenvalue weighted by Gasteiger charge is -2.33.